The lowest BCUT2D eigenvalue weighted by Gasteiger charge is -2.36. The summed E-state index contributed by atoms with van der Waals surface area (Å²) in [5.41, 5.74) is 0. The van der Waals surface area contributed by atoms with Crippen LogP contribution in [0, 0.1) is 18.8 Å². The predicted molar refractivity (Wildman–Crippen MR) is 78.3 cm³/mol. The van der Waals surface area contributed by atoms with Gasteiger partial charge in [-0.2, -0.15) is 17.0 Å². The zero-order chi connectivity index (χ0) is 14.9. The molecule has 5 nitrogen and oxygen atoms in total. The molecular formula is C14H24N2O3S. The molecule has 1 aromatic rings. The Hall–Kier alpha value is -0.850. The molecule has 0 radical (unpaired) electrons. The van der Waals surface area contributed by atoms with Crippen molar-refractivity contribution in [3.8, 4) is 0 Å². The lowest BCUT2D eigenvalue weighted by Crippen LogP contribution is -2.48. The molecule has 0 spiro atoms. The van der Waals surface area contributed by atoms with Gasteiger partial charge in [-0.25, -0.2) is 0 Å². The van der Waals surface area contributed by atoms with Crippen LogP contribution in [-0.4, -0.2) is 37.2 Å². The molecule has 114 valence electrons. The average molecular weight is 300 g/mol. The van der Waals surface area contributed by atoms with Crippen molar-refractivity contribution >= 4 is 10.2 Å². The third-order valence-electron chi connectivity index (χ3n) is 3.73. The maximum atomic E-state index is 12.6. The van der Waals surface area contributed by atoms with Crippen molar-refractivity contribution in [3.63, 3.8) is 0 Å². The summed E-state index contributed by atoms with van der Waals surface area (Å²) in [6, 6.07) is 3.67. The van der Waals surface area contributed by atoms with Crippen LogP contribution in [0.3, 0.4) is 0 Å². The first kappa shape index (κ1) is 15.5. The van der Waals surface area contributed by atoms with Crippen molar-refractivity contribution < 1.29 is 12.8 Å². The van der Waals surface area contributed by atoms with E-state index in [0.29, 0.717) is 30.7 Å². The van der Waals surface area contributed by atoms with Crippen LogP contribution in [0.2, 0.25) is 0 Å². The van der Waals surface area contributed by atoms with Gasteiger partial charge in [0.2, 0.25) is 0 Å². The second-order valence-corrected chi connectivity index (χ2v) is 8.07. The Morgan fingerprint density at radius 3 is 2.40 bits per heavy atom. The highest BCUT2D eigenvalue weighted by atomic mass is 32.2. The Balaban J connectivity index is 2.08. The molecule has 6 heteroatoms. The molecule has 2 rings (SSSR count). The van der Waals surface area contributed by atoms with E-state index in [-0.39, 0.29) is 6.54 Å². The zero-order valence-corrected chi connectivity index (χ0v) is 13.5. The van der Waals surface area contributed by atoms with E-state index in [1.807, 2.05) is 19.1 Å². The number of piperidine rings is 1. The lowest BCUT2D eigenvalue weighted by atomic mass is 9.94. The molecule has 0 N–H and O–H groups in total. The van der Waals surface area contributed by atoms with Gasteiger partial charge in [0.1, 0.15) is 11.5 Å². The number of hydrogen-bond donors (Lipinski definition) is 0. The molecule has 0 aromatic carbocycles. The molecule has 0 bridgehead atoms. The van der Waals surface area contributed by atoms with Gasteiger partial charge in [0.15, 0.2) is 0 Å². The van der Waals surface area contributed by atoms with E-state index >= 15 is 0 Å². The number of nitrogens with zero attached hydrogens (tertiary/aromatic N) is 2. The smallest absolute Gasteiger partial charge is 0.282 e. The third kappa shape index (κ3) is 3.42. The molecule has 0 amide bonds. The molecule has 1 saturated heterocycles. The summed E-state index contributed by atoms with van der Waals surface area (Å²) in [4.78, 5) is 0. The second-order valence-electron chi connectivity index (χ2n) is 6.04. The lowest BCUT2D eigenvalue weighted by molar-refractivity contribution is 0.210. The van der Waals surface area contributed by atoms with Gasteiger partial charge in [-0.05, 0) is 37.3 Å². The summed E-state index contributed by atoms with van der Waals surface area (Å²) >= 11 is 0. The molecule has 0 saturated carbocycles. The van der Waals surface area contributed by atoms with Crippen LogP contribution in [-0.2, 0) is 16.8 Å². The van der Waals surface area contributed by atoms with Crippen molar-refractivity contribution in [2.45, 2.75) is 33.7 Å². The van der Waals surface area contributed by atoms with Crippen LogP contribution in [0.15, 0.2) is 16.5 Å². The highest BCUT2D eigenvalue weighted by Crippen LogP contribution is 2.25. The van der Waals surface area contributed by atoms with Crippen LogP contribution >= 0.6 is 0 Å². The normalized spacial score (nSPS) is 25.2. The first-order valence-corrected chi connectivity index (χ1v) is 8.45. The summed E-state index contributed by atoms with van der Waals surface area (Å²) < 4.78 is 33.6. The topological polar surface area (TPSA) is 53.8 Å². The molecule has 2 unspecified atom stereocenters. The van der Waals surface area contributed by atoms with Gasteiger partial charge in [0.25, 0.3) is 10.2 Å². The zero-order valence-electron chi connectivity index (χ0n) is 12.7. The van der Waals surface area contributed by atoms with Gasteiger partial charge in [-0.1, -0.05) is 13.8 Å². The van der Waals surface area contributed by atoms with Crippen molar-refractivity contribution in [2.75, 3.05) is 20.1 Å². The van der Waals surface area contributed by atoms with E-state index in [9.17, 15) is 8.42 Å². The quantitative estimate of drug-likeness (QED) is 0.857. The van der Waals surface area contributed by atoms with Gasteiger partial charge in [0.05, 0.1) is 6.54 Å². The largest absolute Gasteiger partial charge is 0.465 e. The number of aryl methyl sites for hydroxylation is 1. The number of hydrogen-bond acceptors (Lipinski definition) is 3. The Kier molecular flexibility index (Phi) is 4.56. The Bertz CT molecular complexity index is 543. The average Bonchev–Trinajstić information content (AvgIpc) is 2.73. The van der Waals surface area contributed by atoms with E-state index < -0.39 is 10.2 Å². The first-order valence-electron chi connectivity index (χ1n) is 7.05. The molecule has 0 aliphatic carbocycles. The number of furan rings is 1. The van der Waals surface area contributed by atoms with Crippen LogP contribution in [0.5, 0.6) is 0 Å². The van der Waals surface area contributed by atoms with Crippen molar-refractivity contribution in [1.29, 1.82) is 0 Å². The summed E-state index contributed by atoms with van der Waals surface area (Å²) in [7, 11) is -1.80. The van der Waals surface area contributed by atoms with Crippen LogP contribution < -0.4 is 0 Å². The summed E-state index contributed by atoms with van der Waals surface area (Å²) in [6.07, 6.45) is 1.09. The van der Waals surface area contributed by atoms with Gasteiger partial charge < -0.3 is 4.42 Å². The Labute approximate surface area is 121 Å². The summed E-state index contributed by atoms with van der Waals surface area (Å²) in [5, 5.41) is 0. The van der Waals surface area contributed by atoms with Crippen LogP contribution in [0.4, 0.5) is 0 Å². The third-order valence-corrected chi connectivity index (χ3v) is 5.60. The minimum Gasteiger partial charge on any atom is -0.465 e. The van der Waals surface area contributed by atoms with E-state index in [1.54, 1.807) is 11.4 Å². The van der Waals surface area contributed by atoms with Crippen molar-refractivity contribution in [2.24, 2.45) is 11.8 Å². The fourth-order valence-corrected chi connectivity index (χ4v) is 4.43. The van der Waals surface area contributed by atoms with Crippen molar-refractivity contribution in [3.05, 3.63) is 23.7 Å². The fraction of sp³-hybridized carbons (Fsp3) is 0.714. The molecule has 2 heterocycles. The van der Waals surface area contributed by atoms with E-state index in [2.05, 4.69) is 13.8 Å². The van der Waals surface area contributed by atoms with Crippen LogP contribution in [0.25, 0.3) is 0 Å². The molecule has 20 heavy (non-hydrogen) atoms. The summed E-state index contributed by atoms with van der Waals surface area (Å²) in [6.45, 7) is 7.55. The van der Waals surface area contributed by atoms with E-state index in [1.165, 1.54) is 4.31 Å². The van der Waals surface area contributed by atoms with E-state index in [4.69, 9.17) is 4.42 Å². The Morgan fingerprint density at radius 1 is 1.30 bits per heavy atom. The van der Waals surface area contributed by atoms with Crippen molar-refractivity contribution in [1.82, 2.24) is 8.61 Å². The molecule has 1 aliphatic rings. The maximum absolute atomic E-state index is 12.6. The predicted octanol–water partition coefficient (Wildman–Crippen LogP) is 2.24. The molecule has 1 aromatic heterocycles. The molecule has 2 atom stereocenters. The molecule has 1 fully saturated rings. The Morgan fingerprint density at radius 2 is 1.90 bits per heavy atom. The standard InChI is InChI=1S/C14H24N2O3S/c1-11-7-12(2)9-16(8-11)20(17,18)15(4)10-14-6-5-13(3)19-14/h5-6,11-12H,7-10H2,1-4H3. The molecule has 1 aliphatic heterocycles. The molecular weight excluding hydrogens is 276 g/mol. The highest BCUT2D eigenvalue weighted by Gasteiger charge is 2.33. The minimum atomic E-state index is -3.41. The first-order chi connectivity index (χ1) is 9.29. The monoisotopic (exact) mass is 300 g/mol. The van der Waals surface area contributed by atoms with Crippen LogP contribution in [0.1, 0.15) is 31.8 Å². The van der Waals surface area contributed by atoms with E-state index in [0.717, 1.165) is 12.2 Å². The van der Waals surface area contributed by atoms with Gasteiger partial charge >= 0.3 is 0 Å². The van der Waals surface area contributed by atoms with Gasteiger partial charge in [-0.3, -0.25) is 0 Å². The number of rotatable bonds is 4. The van der Waals surface area contributed by atoms with Gasteiger partial charge in [-0.15, -0.1) is 0 Å². The second kappa shape index (κ2) is 5.87. The maximum Gasteiger partial charge on any atom is 0.282 e. The van der Waals surface area contributed by atoms with Gasteiger partial charge in [0, 0.05) is 20.1 Å². The fourth-order valence-electron chi connectivity index (χ4n) is 2.86. The minimum absolute atomic E-state index is 0.273. The summed E-state index contributed by atoms with van der Waals surface area (Å²) in [5.74, 6) is 2.29. The highest BCUT2D eigenvalue weighted by molar-refractivity contribution is 7.86. The SMILES string of the molecule is Cc1ccc(CN(C)S(=O)(=O)N2CC(C)CC(C)C2)o1.